The van der Waals surface area contributed by atoms with Crippen LogP contribution in [0.4, 0.5) is 0 Å². The van der Waals surface area contributed by atoms with E-state index in [1.54, 1.807) is 0 Å². The molecule has 1 aliphatic heterocycles. The Morgan fingerprint density at radius 2 is 1.39 bits per heavy atom. The van der Waals surface area contributed by atoms with Crippen molar-refractivity contribution in [1.29, 1.82) is 0 Å². The molecule has 108 valence electrons. The third kappa shape index (κ3) is 8.89. The van der Waals surface area contributed by atoms with Crippen molar-refractivity contribution in [3.8, 4) is 0 Å². The van der Waals surface area contributed by atoms with Crippen molar-refractivity contribution in [2.24, 2.45) is 0 Å². The Morgan fingerprint density at radius 3 is 2.00 bits per heavy atom. The van der Waals surface area contributed by atoms with Gasteiger partial charge < -0.3 is 4.90 Å². The Labute approximate surface area is 112 Å². The van der Waals surface area contributed by atoms with E-state index in [2.05, 4.69) is 4.90 Å². The summed E-state index contributed by atoms with van der Waals surface area (Å²) in [7, 11) is -3.74. The van der Waals surface area contributed by atoms with Crippen LogP contribution in [0.2, 0.25) is 0 Å². The third-order valence-corrected chi connectivity index (χ3v) is 4.38. The van der Waals surface area contributed by atoms with Crippen molar-refractivity contribution in [2.45, 2.75) is 57.8 Å². The quantitative estimate of drug-likeness (QED) is 0.520. The summed E-state index contributed by atoms with van der Waals surface area (Å²) in [4.78, 5) is 2.56. The molecule has 0 atom stereocenters. The third-order valence-electron chi connectivity index (χ3n) is 3.58. The minimum absolute atomic E-state index is 0.0826. The molecule has 1 saturated heterocycles. The van der Waals surface area contributed by atoms with Crippen molar-refractivity contribution < 1.29 is 13.0 Å². The number of hydrogen-bond donors (Lipinski definition) is 1. The lowest BCUT2D eigenvalue weighted by molar-refractivity contribution is 0.224. The largest absolute Gasteiger partial charge is 0.303 e. The highest BCUT2D eigenvalue weighted by atomic mass is 32.2. The number of piperidine rings is 1. The van der Waals surface area contributed by atoms with Gasteiger partial charge in [-0.3, -0.25) is 4.55 Å². The molecule has 0 radical (unpaired) electrons. The molecule has 0 aliphatic carbocycles. The summed E-state index contributed by atoms with van der Waals surface area (Å²) in [6.45, 7) is 3.77. The molecular weight excluding hydrogens is 250 g/mol. The first-order valence-electron chi connectivity index (χ1n) is 7.25. The van der Waals surface area contributed by atoms with E-state index in [-0.39, 0.29) is 5.75 Å². The minimum atomic E-state index is -3.74. The van der Waals surface area contributed by atoms with Gasteiger partial charge >= 0.3 is 0 Å². The van der Waals surface area contributed by atoms with Crippen LogP contribution in [0, 0.1) is 0 Å². The molecule has 0 saturated carbocycles. The van der Waals surface area contributed by atoms with Crippen LogP contribution in [0.1, 0.15) is 57.8 Å². The molecule has 1 rings (SSSR count). The van der Waals surface area contributed by atoms with Gasteiger partial charge in [0.05, 0.1) is 5.75 Å². The van der Waals surface area contributed by atoms with Crippen LogP contribution in [0.3, 0.4) is 0 Å². The van der Waals surface area contributed by atoms with Crippen LogP contribution < -0.4 is 0 Å². The highest BCUT2D eigenvalue weighted by molar-refractivity contribution is 7.85. The number of likely N-dealkylation sites (tertiary alicyclic amines) is 1. The van der Waals surface area contributed by atoms with Crippen molar-refractivity contribution >= 4 is 10.1 Å². The molecule has 1 aliphatic rings. The van der Waals surface area contributed by atoms with Gasteiger partial charge in [-0.25, -0.2) is 0 Å². The molecule has 0 bridgehead atoms. The zero-order valence-corrected chi connectivity index (χ0v) is 12.1. The summed E-state index contributed by atoms with van der Waals surface area (Å²) >= 11 is 0. The topological polar surface area (TPSA) is 57.6 Å². The van der Waals surface area contributed by atoms with E-state index in [0.717, 1.165) is 12.8 Å². The average Bonchev–Trinajstić information content (AvgIpc) is 2.32. The fourth-order valence-corrected chi connectivity index (χ4v) is 3.08. The van der Waals surface area contributed by atoms with E-state index in [1.807, 2.05) is 0 Å². The van der Waals surface area contributed by atoms with E-state index < -0.39 is 10.1 Å². The van der Waals surface area contributed by atoms with Gasteiger partial charge in [0.2, 0.25) is 0 Å². The van der Waals surface area contributed by atoms with E-state index >= 15 is 0 Å². The van der Waals surface area contributed by atoms with Crippen LogP contribution in [-0.2, 0) is 10.1 Å². The Morgan fingerprint density at radius 1 is 0.833 bits per heavy atom. The first kappa shape index (κ1) is 15.9. The summed E-state index contributed by atoms with van der Waals surface area (Å²) < 4.78 is 29.6. The average molecular weight is 277 g/mol. The fraction of sp³-hybridized carbons (Fsp3) is 1.00. The molecule has 0 aromatic heterocycles. The molecule has 1 fully saturated rings. The monoisotopic (exact) mass is 277 g/mol. The highest BCUT2D eigenvalue weighted by Crippen LogP contribution is 2.11. The molecule has 0 spiro atoms. The first-order chi connectivity index (χ1) is 8.58. The predicted octanol–water partition coefficient (Wildman–Crippen LogP) is 2.70. The van der Waals surface area contributed by atoms with E-state index in [0.29, 0.717) is 6.42 Å². The Kier molecular flexibility index (Phi) is 7.86. The molecule has 1 heterocycles. The number of hydrogen-bond acceptors (Lipinski definition) is 3. The lowest BCUT2D eigenvalue weighted by atomic mass is 10.1. The van der Waals surface area contributed by atoms with Crippen molar-refractivity contribution in [2.75, 3.05) is 25.4 Å². The van der Waals surface area contributed by atoms with Crippen LogP contribution in [0.25, 0.3) is 0 Å². The van der Waals surface area contributed by atoms with E-state index in [9.17, 15) is 8.42 Å². The Balaban J connectivity index is 1.83. The van der Waals surface area contributed by atoms with Crippen molar-refractivity contribution in [3.05, 3.63) is 0 Å². The molecule has 18 heavy (non-hydrogen) atoms. The molecule has 5 heteroatoms. The molecule has 0 aromatic carbocycles. The van der Waals surface area contributed by atoms with Gasteiger partial charge in [-0.1, -0.05) is 32.1 Å². The summed E-state index contributed by atoms with van der Waals surface area (Å²) in [5.41, 5.74) is 0. The predicted molar refractivity (Wildman–Crippen MR) is 74.4 cm³/mol. The Bertz CT molecular complexity index is 297. The lowest BCUT2D eigenvalue weighted by Crippen LogP contribution is -2.30. The maximum absolute atomic E-state index is 10.5. The van der Waals surface area contributed by atoms with Gasteiger partial charge in [0.25, 0.3) is 10.1 Å². The standard InChI is InChI=1S/C13H27NO3S/c15-18(16,17)13-9-4-2-1-3-6-10-14-11-7-5-8-12-14/h1-13H2,(H,15,16,17). The van der Waals surface area contributed by atoms with E-state index in [1.165, 1.54) is 58.2 Å². The zero-order valence-electron chi connectivity index (χ0n) is 11.3. The molecule has 0 aromatic rings. The number of unbranched alkanes of at least 4 members (excludes halogenated alkanes) is 5. The summed E-state index contributed by atoms with van der Waals surface area (Å²) in [6, 6.07) is 0. The normalized spacial score (nSPS) is 18.1. The van der Waals surface area contributed by atoms with Gasteiger partial charge in [0, 0.05) is 0 Å². The van der Waals surface area contributed by atoms with Crippen LogP contribution in [0.5, 0.6) is 0 Å². The van der Waals surface area contributed by atoms with Crippen LogP contribution >= 0.6 is 0 Å². The SMILES string of the molecule is O=S(=O)(O)CCCCCCCCN1CCCCC1. The minimum Gasteiger partial charge on any atom is -0.303 e. The second-order valence-electron chi connectivity index (χ2n) is 5.31. The van der Waals surface area contributed by atoms with Gasteiger partial charge in [-0.2, -0.15) is 8.42 Å². The second-order valence-corrected chi connectivity index (χ2v) is 6.88. The van der Waals surface area contributed by atoms with Gasteiger partial charge in [-0.15, -0.1) is 0 Å². The summed E-state index contributed by atoms with van der Waals surface area (Å²) in [6.07, 6.45) is 10.4. The van der Waals surface area contributed by atoms with Gasteiger partial charge in [-0.05, 0) is 45.3 Å². The first-order valence-corrected chi connectivity index (χ1v) is 8.86. The van der Waals surface area contributed by atoms with Crippen LogP contribution in [-0.4, -0.2) is 43.3 Å². The van der Waals surface area contributed by atoms with Gasteiger partial charge in [0.1, 0.15) is 0 Å². The summed E-state index contributed by atoms with van der Waals surface area (Å²) in [5.74, 6) is -0.0826. The second kappa shape index (κ2) is 8.88. The summed E-state index contributed by atoms with van der Waals surface area (Å²) in [5, 5.41) is 0. The Hall–Kier alpha value is -0.130. The smallest absolute Gasteiger partial charge is 0.264 e. The molecule has 1 N–H and O–H groups in total. The zero-order chi connectivity index (χ0) is 13.3. The van der Waals surface area contributed by atoms with Crippen molar-refractivity contribution in [1.82, 2.24) is 4.90 Å². The molecule has 0 unspecified atom stereocenters. The fourth-order valence-electron chi connectivity index (χ4n) is 2.51. The van der Waals surface area contributed by atoms with Crippen LogP contribution in [0.15, 0.2) is 0 Å². The molecule has 0 amide bonds. The molecular formula is C13H27NO3S. The van der Waals surface area contributed by atoms with Crippen molar-refractivity contribution in [3.63, 3.8) is 0 Å². The maximum Gasteiger partial charge on any atom is 0.264 e. The number of rotatable bonds is 9. The lowest BCUT2D eigenvalue weighted by Gasteiger charge is -2.26. The maximum atomic E-state index is 10.5. The molecule has 4 nitrogen and oxygen atoms in total. The van der Waals surface area contributed by atoms with Gasteiger partial charge in [0.15, 0.2) is 0 Å². The van der Waals surface area contributed by atoms with E-state index in [4.69, 9.17) is 4.55 Å². The number of nitrogens with zero attached hydrogens (tertiary/aromatic N) is 1. The highest BCUT2D eigenvalue weighted by Gasteiger charge is 2.08.